The van der Waals surface area contributed by atoms with E-state index < -0.39 is 28.8 Å². The Labute approximate surface area is 101 Å². The summed E-state index contributed by atoms with van der Waals surface area (Å²) in [6.45, 7) is 7.10. The summed E-state index contributed by atoms with van der Waals surface area (Å²) in [5.74, 6) is -0.0476. The van der Waals surface area contributed by atoms with Crippen molar-refractivity contribution in [1.29, 1.82) is 0 Å². The third-order valence-corrected chi connectivity index (χ3v) is 4.34. The first-order valence-corrected chi connectivity index (χ1v) is 5.92. The van der Waals surface area contributed by atoms with Gasteiger partial charge in [-0.2, -0.15) is 0 Å². The quantitative estimate of drug-likeness (QED) is 0.553. The van der Waals surface area contributed by atoms with Crippen molar-refractivity contribution in [3.05, 3.63) is 12.2 Å². The molecule has 0 aromatic heterocycles. The van der Waals surface area contributed by atoms with Crippen LogP contribution in [0, 0.1) is 5.41 Å². The molecule has 1 aliphatic heterocycles. The number of aliphatic hydroxyl groups excluding tert-OH is 2. The lowest BCUT2D eigenvalue weighted by molar-refractivity contribution is -0.112. The monoisotopic (exact) mass is 240 g/mol. The number of hydrogen-bond donors (Lipinski definition) is 2. The molecule has 0 unspecified atom stereocenters. The largest absolute Gasteiger partial charge is 0.390 e. The Hall–Kier alpha value is -0.710. The molecule has 17 heavy (non-hydrogen) atoms. The molecule has 0 bridgehead atoms. The summed E-state index contributed by atoms with van der Waals surface area (Å²) in [5.41, 5.74) is -1.75. The second kappa shape index (κ2) is 3.40. The van der Waals surface area contributed by atoms with E-state index in [0.717, 1.165) is 0 Å². The van der Waals surface area contributed by atoms with Gasteiger partial charge in [0.2, 0.25) is 0 Å². The van der Waals surface area contributed by atoms with E-state index >= 15 is 0 Å². The molecule has 2 fully saturated rings. The maximum absolute atomic E-state index is 11.1. The first-order valence-electron chi connectivity index (χ1n) is 5.92. The number of aliphatic hydroxyl groups is 2. The maximum Gasteiger partial charge on any atom is 0.152 e. The van der Waals surface area contributed by atoms with Gasteiger partial charge >= 0.3 is 0 Å². The van der Waals surface area contributed by atoms with Crippen molar-refractivity contribution in [3.63, 3.8) is 0 Å². The van der Waals surface area contributed by atoms with E-state index in [1.807, 2.05) is 20.8 Å². The summed E-state index contributed by atoms with van der Waals surface area (Å²) < 4.78 is 5.80. The van der Waals surface area contributed by atoms with Crippen molar-refractivity contribution < 1.29 is 19.7 Å². The predicted molar refractivity (Wildman–Crippen MR) is 62.5 cm³/mol. The average Bonchev–Trinajstić information content (AvgIpc) is 2.80. The van der Waals surface area contributed by atoms with E-state index in [4.69, 9.17) is 4.74 Å². The number of carbonyl (C=O) groups excluding carboxylic acids is 1. The second-order valence-corrected chi connectivity index (χ2v) is 5.95. The van der Waals surface area contributed by atoms with E-state index in [1.54, 1.807) is 6.08 Å². The zero-order valence-corrected chi connectivity index (χ0v) is 10.7. The van der Waals surface area contributed by atoms with Crippen molar-refractivity contribution in [2.45, 2.75) is 57.5 Å². The molecule has 4 nitrogen and oxygen atoms in total. The van der Waals surface area contributed by atoms with Gasteiger partial charge in [0.25, 0.3) is 0 Å². The second-order valence-electron chi connectivity index (χ2n) is 5.95. The van der Waals surface area contributed by atoms with Crippen LogP contribution < -0.4 is 0 Å². The van der Waals surface area contributed by atoms with Gasteiger partial charge in [-0.1, -0.05) is 13.8 Å². The van der Waals surface area contributed by atoms with Gasteiger partial charge in [-0.25, -0.2) is 0 Å². The Bertz CT molecular complexity index is 387. The van der Waals surface area contributed by atoms with Gasteiger partial charge in [-0.05, 0) is 26.0 Å². The molecule has 0 spiro atoms. The van der Waals surface area contributed by atoms with E-state index in [-0.39, 0.29) is 5.78 Å². The Kier molecular flexibility index (Phi) is 2.55. The smallest absolute Gasteiger partial charge is 0.152 e. The molecule has 1 aliphatic carbocycles. The Morgan fingerprint density at radius 1 is 1.35 bits per heavy atom. The molecule has 1 saturated heterocycles. The zero-order chi connectivity index (χ0) is 13.1. The van der Waals surface area contributed by atoms with Crippen molar-refractivity contribution in [2.75, 3.05) is 0 Å². The summed E-state index contributed by atoms with van der Waals surface area (Å²) in [6, 6.07) is 0. The first kappa shape index (κ1) is 12.7. The van der Waals surface area contributed by atoms with E-state index in [2.05, 4.69) is 0 Å². The van der Waals surface area contributed by atoms with E-state index in [1.165, 1.54) is 13.0 Å². The van der Waals surface area contributed by atoms with Crippen LogP contribution in [0.3, 0.4) is 0 Å². The van der Waals surface area contributed by atoms with Crippen LogP contribution >= 0.6 is 0 Å². The normalized spacial score (nSPS) is 47.9. The minimum atomic E-state index is -0.852. The van der Waals surface area contributed by atoms with Crippen LogP contribution in [0.5, 0.6) is 0 Å². The molecule has 96 valence electrons. The van der Waals surface area contributed by atoms with Crippen LogP contribution in [-0.4, -0.2) is 39.4 Å². The molecule has 0 aromatic rings. The molecule has 0 radical (unpaired) electrons. The highest BCUT2D eigenvalue weighted by atomic mass is 16.6. The summed E-state index contributed by atoms with van der Waals surface area (Å²) in [4.78, 5) is 11.1. The number of allylic oxidation sites excluding steroid dienone is 1. The van der Waals surface area contributed by atoms with Gasteiger partial charge in [0.15, 0.2) is 5.78 Å². The van der Waals surface area contributed by atoms with Gasteiger partial charge in [-0.3, -0.25) is 4.79 Å². The highest BCUT2D eigenvalue weighted by molar-refractivity contribution is 5.87. The van der Waals surface area contributed by atoms with Gasteiger partial charge in [0.1, 0.15) is 11.2 Å². The predicted octanol–water partition coefficient (Wildman–Crippen LogP) is 0.811. The number of ether oxygens (including phenoxy) is 1. The van der Waals surface area contributed by atoms with Crippen molar-refractivity contribution in [3.8, 4) is 0 Å². The molecule has 2 N–H and O–H groups in total. The number of epoxide rings is 1. The Morgan fingerprint density at radius 3 is 2.47 bits per heavy atom. The lowest BCUT2D eigenvalue weighted by Gasteiger charge is -2.43. The summed E-state index contributed by atoms with van der Waals surface area (Å²) in [7, 11) is 0. The Morgan fingerprint density at radius 2 is 1.94 bits per heavy atom. The molecule has 4 heteroatoms. The van der Waals surface area contributed by atoms with Gasteiger partial charge in [0.05, 0.1) is 12.2 Å². The fourth-order valence-electron chi connectivity index (χ4n) is 3.21. The summed E-state index contributed by atoms with van der Waals surface area (Å²) in [5, 5.41) is 19.9. The number of fused-ring (bicyclic) bond motifs is 1. The minimum Gasteiger partial charge on any atom is -0.390 e. The molecular formula is C13H20O4. The van der Waals surface area contributed by atoms with Gasteiger partial charge < -0.3 is 14.9 Å². The fraction of sp³-hybridized carbons (Fsp3) is 0.769. The zero-order valence-electron chi connectivity index (χ0n) is 10.7. The molecular weight excluding hydrogens is 220 g/mol. The van der Waals surface area contributed by atoms with Crippen molar-refractivity contribution in [2.24, 2.45) is 5.41 Å². The molecule has 0 aromatic carbocycles. The van der Waals surface area contributed by atoms with Crippen LogP contribution in [0.2, 0.25) is 0 Å². The van der Waals surface area contributed by atoms with Crippen molar-refractivity contribution >= 4 is 5.78 Å². The lowest BCUT2D eigenvalue weighted by Crippen LogP contribution is -2.56. The lowest BCUT2D eigenvalue weighted by atomic mass is 9.61. The number of carbonyl (C=O) groups is 1. The molecule has 0 amide bonds. The number of rotatable bonds is 2. The van der Waals surface area contributed by atoms with Crippen LogP contribution in [0.4, 0.5) is 0 Å². The fourth-order valence-corrected chi connectivity index (χ4v) is 3.21. The third kappa shape index (κ3) is 1.51. The molecule has 2 aliphatic rings. The standard InChI is InChI=1S/C13H20O4/c1-8(14)5-6-13-11(2,3)10(16)9(15)7-12(13,4)17-13/h5-6,9-10,15-16H,7H2,1-4H3/b6-5+/t9-,10-,12-,13+/m1/s1. The maximum atomic E-state index is 11.1. The van der Waals surface area contributed by atoms with Crippen LogP contribution in [-0.2, 0) is 9.53 Å². The Balaban J connectivity index is 2.38. The van der Waals surface area contributed by atoms with Crippen LogP contribution in [0.25, 0.3) is 0 Å². The first-order chi connectivity index (χ1) is 7.66. The van der Waals surface area contributed by atoms with Crippen LogP contribution in [0.15, 0.2) is 12.2 Å². The molecule has 4 atom stereocenters. The van der Waals surface area contributed by atoms with E-state index in [9.17, 15) is 15.0 Å². The summed E-state index contributed by atoms with van der Waals surface area (Å²) >= 11 is 0. The van der Waals surface area contributed by atoms with Gasteiger partial charge in [0, 0.05) is 11.8 Å². The highest BCUT2D eigenvalue weighted by Gasteiger charge is 2.77. The van der Waals surface area contributed by atoms with Gasteiger partial charge in [-0.15, -0.1) is 0 Å². The molecule has 1 heterocycles. The summed E-state index contributed by atoms with van der Waals surface area (Å²) in [6.07, 6.45) is 1.98. The SMILES string of the molecule is CC(=O)/C=C/[C@@]12O[C@]1(C)C[C@@H](O)[C@@H](O)C2(C)C. The highest BCUT2D eigenvalue weighted by Crippen LogP contribution is 2.65. The number of ketones is 1. The van der Waals surface area contributed by atoms with Crippen LogP contribution in [0.1, 0.15) is 34.1 Å². The molecule has 2 rings (SSSR count). The molecule has 1 saturated carbocycles. The number of hydrogen-bond acceptors (Lipinski definition) is 4. The van der Waals surface area contributed by atoms with E-state index in [0.29, 0.717) is 6.42 Å². The third-order valence-electron chi connectivity index (χ3n) is 4.34. The van der Waals surface area contributed by atoms with Crippen molar-refractivity contribution in [1.82, 2.24) is 0 Å². The topological polar surface area (TPSA) is 70.1 Å². The minimum absolute atomic E-state index is 0.0476. The average molecular weight is 240 g/mol.